The van der Waals surface area contributed by atoms with Crippen LogP contribution >= 0.6 is 0 Å². The van der Waals surface area contributed by atoms with Gasteiger partial charge in [-0.2, -0.15) is 0 Å². The fourth-order valence-corrected chi connectivity index (χ4v) is 0.644. The molecule has 0 aromatic carbocycles. The quantitative estimate of drug-likeness (QED) is 0.393. The van der Waals surface area contributed by atoms with Crippen LogP contribution in [-0.2, 0) is 4.65 Å². The second-order valence-corrected chi connectivity index (χ2v) is 1.64. The van der Waals surface area contributed by atoms with Crippen molar-refractivity contribution in [3.63, 3.8) is 0 Å². The number of hydrogen-bond donors (Lipinski definition) is 0. The smallest absolute Gasteiger partial charge is 0.292 e. The maximum atomic E-state index is 5.04. The number of rotatable bonds is 0. The molecule has 0 aliphatic carbocycles. The van der Waals surface area contributed by atoms with Gasteiger partial charge in [-0.3, -0.25) is 0 Å². The maximum absolute atomic E-state index is 5.04. The van der Waals surface area contributed by atoms with Crippen LogP contribution in [0.3, 0.4) is 0 Å². The molecule has 0 atom stereocenters. The van der Waals surface area contributed by atoms with E-state index in [0.29, 0.717) is 6.92 Å². The van der Waals surface area contributed by atoms with Gasteiger partial charge in [0.2, 0.25) is 0 Å². The average molecular weight is 82.9 g/mol. The summed E-state index contributed by atoms with van der Waals surface area (Å²) >= 11 is 0. The summed E-state index contributed by atoms with van der Waals surface area (Å²) in [5.74, 6) is 0. The molecule has 1 radical (unpaired) electrons. The van der Waals surface area contributed by atoms with Gasteiger partial charge in [0, 0.05) is 6.61 Å². The topological polar surface area (TPSA) is 9.23 Å². The lowest BCUT2D eigenvalue weighted by atomic mass is 9.69. The van der Waals surface area contributed by atoms with Crippen molar-refractivity contribution < 1.29 is 4.65 Å². The normalized spacial score (nSPS) is 22.5. The molecule has 1 heterocycles. The highest BCUT2D eigenvalue weighted by Gasteiger charge is 2.13. The Hall–Kier alpha value is 0.0249. The van der Waals surface area contributed by atoms with E-state index in [0.717, 1.165) is 12.9 Å². The first-order valence-electron chi connectivity index (χ1n) is 2.34. The third-order valence-corrected chi connectivity index (χ3v) is 1.02. The van der Waals surface area contributed by atoms with Gasteiger partial charge >= 0.3 is 0 Å². The lowest BCUT2D eigenvalue weighted by Gasteiger charge is -1.88. The molecular weight excluding hydrogens is 74.9 g/mol. The van der Waals surface area contributed by atoms with Crippen LogP contribution in [-0.4, -0.2) is 13.5 Å². The van der Waals surface area contributed by atoms with Crippen molar-refractivity contribution in [2.45, 2.75) is 12.7 Å². The molecule has 33 valence electrons. The van der Waals surface area contributed by atoms with E-state index in [2.05, 4.69) is 6.82 Å². The molecule has 0 aromatic heterocycles. The summed E-state index contributed by atoms with van der Waals surface area (Å²) in [7, 11) is 0. The minimum atomic E-state index is 0.296. The zero-order chi connectivity index (χ0) is 4.41. The molecule has 0 spiro atoms. The maximum Gasteiger partial charge on any atom is 0.292 e. The largest absolute Gasteiger partial charge is 0.436 e. The van der Waals surface area contributed by atoms with Gasteiger partial charge in [-0.05, 0) is 12.7 Å². The van der Waals surface area contributed by atoms with Gasteiger partial charge in [-0.1, -0.05) is 6.82 Å². The van der Waals surface area contributed by atoms with Crippen LogP contribution in [0.4, 0.5) is 0 Å². The van der Waals surface area contributed by atoms with Crippen LogP contribution in [0.2, 0.25) is 6.32 Å². The molecule has 1 fully saturated rings. The Balaban J connectivity index is 2.18. The van der Waals surface area contributed by atoms with Gasteiger partial charge < -0.3 is 4.65 Å². The van der Waals surface area contributed by atoms with Crippen LogP contribution in [0.15, 0.2) is 0 Å². The fourth-order valence-electron chi connectivity index (χ4n) is 0.644. The van der Waals surface area contributed by atoms with Crippen molar-refractivity contribution in [2.75, 3.05) is 6.61 Å². The van der Waals surface area contributed by atoms with Gasteiger partial charge in [0.1, 0.15) is 0 Å². The molecule has 0 saturated carbocycles. The fraction of sp³-hybridized carbons (Fsp3) is 0.750. The van der Waals surface area contributed by atoms with Crippen LogP contribution < -0.4 is 0 Å². The Morgan fingerprint density at radius 2 is 2.50 bits per heavy atom. The van der Waals surface area contributed by atoms with Crippen LogP contribution in [0.5, 0.6) is 0 Å². The molecule has 6 heavy (non-hydrogen) atoms. The highest BCUT2D eigenvalue weighted by atomic mass is 16.4. The van der Waals surface area contributed by atoms with Gasteiger partial charge in [0.15, 0.2) is 0 Å². The first-order valence-corrected chi connectivity index (χ1v) is 2.34. The molecule has 0 bridgehead atoms. The summed E-state index contributed by atoms with van der Waals surface area (Å²) < 4.78 is 5.04. The Morgan fingerprint density at radius 3 is 2.67 bits per heavy atom. The highest BCUT2D eigenvalue weighted by Crippen LogP contribution is 2.06. The van der Waals surface area contributed by atoms with E-state index in [1.165, 1.54) is 6.42 Å². The summed E-state index contributed by atoms with van der Waals surface area (Å²) in [6.07, 6.45) is 2.36. The van der Waals surface area contributed by atoms with E-state index in [9.17, 15) is 0 Å². The summed E-state index contributed by atoms with van der Waals surface area (Å²) in [5, 5.41) is 0. The number of hydrogen-bond acceptors (Lipinski definition) is 1. The molecule has 1 nitrogen and oxygen atoms in total. The SMILES string of the molecule is [CH2]B1CCCO1. The van der Waals surface area contributed by atoms with Crippen molar-refractivity contribution in [1.29, 1.82) is 0 Å². The summed E-state index contributed by atoms with van der Waals surface area (Å²) in [5.41, 5.74) is 0. The molecule has 0 unspecified atom stereocenters. The minimum absolute atomic E-state index is 0.296. The van der Waals surface area contributed by atoms with E-state index in [1.807, 2.05) is 0 Å². The van der Waals surface area contributed by atoms with E-state index < -0.39 is 0 Å². The average Bonchev–Trinajstić information content (AvgIpc) is 1.86. The van der Waals surface area contributed by atoms with E-state index in [1.54, 1.807) is 0 Å². The van der Waals surface area contributed by atoms with Crippen molar-refractivity contribution in [3.05, 3.63) is 6.82 Å². The monoisotopic (exact) mass is 83.1 g/mol. The van der Waals surface area contributed by atoms with Crippen LogP contribution in [0.25, 0.3) is 0 Å². The second kappa shape index (κ2) is 1.65. The Kier molecular flexibility index (Phi) is 1.15. The van der Waals surface area contributed by atoms with Gasteiger partial charge in [0.25, 0.3) is 6.92 Å². The van der Waals surface area contributed by atoms with E-state index in [4.69, 9.17) is 4.65 Å². The first kappa shape index (κ1) is 4.19. The van der Waals surface area contributed by atoms with Gasteiger partial charge in [0.05, 0.1) is 0 Å². The molecular formula is C4H8BO. The first-order chi connectivity index (χ1) is 2.89. The zero-order valence-corrected chi connectivity index (χ0v) is 3.81. The molecule has 0 N–H and O–H groups in total. The molecule has 2 heteroatoms. The Morgan fingerprint density at radius 1 is 1.67 bits per heavy atom. The molecule has 1 aliphatic heterocycles. The lowest BCUT2D eigenvalue weighted by molar-refractivity contribution is 0.365. The van der Waals surface area contributed by atoms with Crippen molar-refractivity contribution in [2.24, 2.45) is 0 Å². The zero-order valence-electron chi connectivity index (χ0n) is 3.81. The van der Waals surface area contributed by atoms with Crippen molar-refractivity contribution in [1.82, 2.24) is 0 Å². The third kappa shape index (κ3) is 0.746. The third-order valence-electron chi connectivity index (χ3n) is 1.02. The van der Waals surface area contributed by atoms with E-state index in [-0.39, 0.29) is 0 Å². The minimum Gasteiger partial charge on any atom is -0.436 e. The summed E-state index contributed by atoms with van der Waals surface area (Å²) in [4.78, 5) is 0. The van der Waals surface area contributed by atoms with Crippen LogP contribution in [0, 0.1) is 6.82 Å². The van der Waals surface area contributed by atoms with Crippen LogP contribution in [0.1, 0.15) is 6.42 Å². The molecule has 1 saturated heterocycles. The van der Waals surface area contributed by atoms with Gasteiger partial charge in [-0.15, -0.1) is 0 Å². The molecule has 1 rings (SSSR count). The van der Waals surface area contributed by atoms with Gasteiger partial charge in [-0.25, -0.2) is 0 Å². The van der Waals surface area contributed by atoms with Crippen molar-refractivity contribution in [3.8, 4) is 0 Å². The molecule has 0 aromatic rings. The van der Waals surface area contributed by atoms with Crippen molar-refractivity contribution >= 4 is 6.92 Å². The second-order valence-electron chi connectivity index (χ2n) is 1.64. The highest BCUT2D eigenvalue weighted by molar-refractivity contribution is 6.54. The lowest BCUT2D eigenvalue weighted by Crippen LogP contribution is -2.02. The van der Waals surface area contributed by atoms with E-state index >= 15 is 0 Å². The Labute approximate surface area is 38.8 Å². The predicted octanol–water partition coefficient (Wildman–Crippen LogP) is 0.771. The summed E-state index contributed by atoms with van der Waals surface area (Å²) in [6, 6.07) is 0. The molecule has 0 amide bonds. The summed E-state index contributed by atoms with van der Waals surface area (Å²) in [6.45, 7) is 4.94. The standard InChI is InChI=1S/C4H8BO/c1-5-3-2-4-6-5/h1-4H2. The Bertz CT molecular complexity index is 40.8. The molecule has 1 aliphatic rings. The predicted molar refractivity (Wildman–Crippen MR) is 26.5 cm³/mol.